The van der Waals surface area contributed by atoms with Crippen LogP contribution in [0.3, 0.4) is 0 Å². The van der Waals surface area contributed by atoms with Gasteiger partial charge in [0.2, 0.25) is 10.0 Å². The summed E-state index contributed by atoms with van der Waals surface area (Å²) in [6, 6.07) is 2.93. The molecule has 1 rings (SSSR count). The number of nitrogens with one attached hydrogen (secondary N) is 1. The highest BCUT2D eigenvalue weighted by atomic mass is 35.5. The number of hydrogen-bond acceptors (Lipinski definition) is 3. The molecule has 84 valence electrons. The molecule has 0 spiro atoms. The molecule has 0 bridgehead atoms. The quantitative estimate of drug-likeness (QED) is 0.826. The fourth-order valence-corrected chi connectivity index (χ4v) is 2.62. The van der Waals surface area contributed by atoms with Crippen molar-refractivity contribution in [2.75, 3.05) is 6.54 Å². The van der Waals surface area contributed by atoms with Crippen molar-refractivity contribution >= 4 is 21.6 Å². The van der Waals surface area contributed by atoms with Crippen molar-refractivity contribution in [3.63, 3.8) is 0 Å². The van der Waals surface area contributed by atoms with Crippen LogP contribution in [0.1, 0.15) is 19.0 Å². The molecule has 4 nitrogen and oxygen atoms in total. The highest BCUT2D eigenvalue weighted by molar-refractivity contribution is 7.89. The molecule has 0 aliphatic rings. The molecule has 15 heavy (non-hydrogen) atoms. The molecular formula is C9H13ClN2O2S. The van der Waals surface area contributed by atoms with E-state index in [2.05, 4.69) is 9.71 Å². The van der Waals surface area contributed by atoms with Crippen molar-refractivity contribution in [1.82, 2.24) is 9.71 Å². The summed E-state index contributed by atoms with van der Waals surface area (Å²) in [6.45, 7) is 3.94. The van der Waals surface area contributed by atoms with Crippen LogP contribution >= 0.6 is 11.6 Å². The third-order valence-corrected chi connectivity index (χ3v) is 3.64. The molecule has 1 N–H and O–H groups in total. The van der Waals surface area contributed by atoms with Crippen molar-refractivity contribution in [1.29, 1.82) is 0 Å². The van der Waals surface area contributed by atoms with Crippen LogP contribution < -0.4 is 4.72 Å². The summed E-state index contributed by atoms with van der Waals surface area (Å²) >= 11 is 5.65. The molecule has 0 aliphatic heterocycles. The Morgan fingerprint density at radius 1 is 1.47 bits per heavy atom. The maximum absolute atomic E-state index is 11.7. The van der Waals surface area contributed by atoms with Crippen molar-refractivity contribution in [2.24, 2.45) is 0 Å². The number of sulfonamides is 1. The first-order valence-electron chi connectivity index (χ1n) is 4.60. The van der Waals surface area contributed by atoms with E-state index in [4.69, 9.17) is 11.6 Å². The predicted molar refractivity (Wildman–Crippen MR) is 59.5 cm³/mol. The summed E-state index contributed by atoms with van der Waals surface area (Å²) in [5.74, 6) is 0. The van der Waals surface area contributed by atoms with E-state index in [0.29, 0.717) is 17.4 Å². The van der Waals surface area contributed by atoms with E-state index in [1.807, 2.05) is 6.92 Å². The van der Waals surface area contributed by atoms with Crippen molar-refractivity contribution in [3.8, 4) is 0 Å². The van der Waals surface area contributed by atoms with Gasteiger partial charge in [-0.2, -0.15) is 0 Å². The van der Waals surface area contributed by atoms with Crippen LogP contribution in [0.15, 0.2) is 17.0 Å². The Balaban J connectivity index is 3.05. The summed E-state index contributed by atoms with van der Waals surface area (Å²) in [7, 11) is -3.44. The molecule has 0 aromatic carbocycles. The third kappa shape index (κ3) is 3.15. The van der Waals surface area contributed by atoms with Gasteiger partial charge in [0, 0.05) is 6.54 Å². The normalized spacial score (nSPS) is 11.7. The number of hydrogen-bond donors (Lipinski definition) is 1. The minimum absolute atomic E-state index is 0.181. The maximum atomic E-state index is 11.7. The molecule has 1 heterocycles. The highest BCUT2D eigenvalue weighted by Gasteiger charge is 2.16. The molecule has 0 atom stereocenters. The predicted octanol–water partition coefficient (Wildman–Crippen LogP) is 1.73. The van der Waals surface area contributed by atoms with Gasteiger partial charge >= 0.3 is 0 Å². The summed E-state index contributed by atoms with van der Waals surface area (Å²) in [6.07, 6.45) is 0.749. The van der Waals surface area contributed by atoms with Gasteiger partial charge in [-0.05, 0) is 25.5 Å². The summed E-state index contributed by atoms with van der Waals surface area (Å²) < 4.78 is 25.9. The molecule has 1 aromatic heterocycles. The molecule has 6 heteroatoms. The molecule has 0 saturated heterocycles. The van der Waals surface area contributed by atoms with Crippen LogP contribution in [-0.2, 0) is 10.0 Å². The molecule has 0 amide bonds. The topological polar surface area (TPSA) is 59.1 Å². The van der Waals surface area contributed by atoms with Gasteiger partial charge in [0.15, 0.2) is 0 Å². The molecule has 0 fully saturated rings. The second-order valence-electron chi connectivity index (χ2n) is 3.12. The van der Waals surface area contributed by atoms with E-state index in [0.717, 1.165) is 6.42 Å². The number of aromatic nitrogens is 1. The monoisotopic (exact) mass is 248 g/mol. The number of pyridine rings is 1. The van der Waals surface area contributed by atoms with E-state index in [1.54, 1.807) is 6.92 Å². The zero-order valence-corrected chi connectivity index (χ0v) is 10.2. The van der Waals surface area contributed by atoms with Crippen LogP contribution in [0.4, 0.5) is 0 Å². The van der Waals surface area contributed by atoms with Crippen LogP contribution in [0.25, 0.3) is 0 Å². The van der Waals surface area contributed by atoms with Gasteiger partial charge in [0.25, 0.3) is 0 Å². The fourth-order valence-electron chi connectivity index (χ4n) is 1.12. The van der Waals surface area contributed by atoms with Crippen LogP contribution in [-0.4, -0.2) is 19.9 Å². The smallest absolute Gasteiger partial charge is 0.240 e. The molecule has 0 saturated carbocycles. The van der Waals surface area contributed by atoms with Gasteiger partial charge < -0.3 is 0 Å². The number of rotatable bonds is 4. The minimum Gasteiger partial charge on any atom is -0.240 e. The Kier molecular flexibility index (Phi) is 4.07. The van der Waals surface area contributed by atoms with Crippen LogP contribution in [0, 0.1) is 6.92 Å². The number of halogens is 1. The Morgan fingerprint density at radius 2 is 2.13 bits per heavy atom. The average Bonchev–Trinajstić information content (AvgIpc) is 2.14. The van der Waals surface area contributed by atoms with Crippen molar-refractivity contribution < 1.29 is 8.42 Å². The Labute approximate surface area is 94.7 Å². The lowest BCUT2D eigenvalue weighted by atomic mass is 10.4. The lowest BCUT2D eigenvalue weighted by Crippen LogP contribution is -2.25. The minimum atomic E-state index is -3.44. The average molecular weight is 249 g/mol. The molecule has 0 unspecified atom stereocenters. The second-order valence-corrected chi connectivity index (χ2v) is 5.24. The Hall–Kier alpha value is -0.650. The van der Waals surface area contributed by atoms with Crippen molar-refractivity contribution in [3.05, 3.63) is 23.0 Å². The Morgan fingerprint density at radius 3 is 2.67 bits per heavy atom. The van der Waals surface area contributed by atoms with Crippen LogP contribution in [0.5, 0.6) is 0 Å². The van der Waals surface area contributed by atoms with E-state index >= 15 is 0 Å². The van der Waals surface area contributed by atoms with E-state index in [1.165, 1.54) is 12.1 Å². The van der Waals surface area contributed by atoms with Gasteiger partial charge in [0.1, 0.15) is 10.0 Å². The standard InChI is InChI=1S/C9H13ClN2O2S/c1-3-6-11-15(13,14)8-4-5-9(10)12-7(8)2/h4-5,11H,3,6H2,1-2H3. The zero-order valence-electron chi connectivity index (χ0n) is 8.62. The Bertz CT molecular complexity index is 445. The fraction of sp³-hybridized carbons (Fsp3) is 0.444. The lowest BCUT2D eigenvalue weighted by molar-refractivity contribution is 0.579. The highest BCUT2D eigenvalue weighted by Crippen LogP contribution is 2.15. The van der Waals surface area contributed by atoms with Gasteiger partial charge in [-0.15, -0.1) is 0 Å². The number of aryl methyl sites for hydroxylation is 1. The zero-order chi connectivity index (χ0) is 11.5. The largest absolute Gasteiger partial charge is 0.242 e. The van der Waals surface area contributed by atoms with Crippen molar-refractivity contribution in [2.45, 2.75) is 25.2 Å². The summed E-state index contributed by atoms with van der Waals surface area (Å²) in [4.78, 5) is 4.08. The van der Waals surface area contributed by atoms with Gasteiger partial charge in [-0.25, -0.2) is 18.1 Å². The first-order valence-corrected chi connectivity index (χ1v) is 6.46. The first-order chi connectivity index (χ1) is 6.97. The molecular weight excluding hydrogens is 236 g/mol. The van der Waals surface area contributed by atoms with Crippen LogP contribution in [0.2, 0.25) is 5.15 Å². The molecule has 0 aliphatic carbocycles. The third-order valence-electron chi connectivity index (χ3n) is 1.83. The van der Waals surface area contributed by atoms with E-state index in [-0.39, 0.29) is 4.90 Å². The van der Waals surface area contributed by atoms with E-state index in [9.17, 15) is 8.42 Å². The second kappa shape index (κ2) is 4.92. The summed E-state index contributed by atoms with van der Waals surface area (Å²) in [5.41, 5.74) is 0.408. The number of nitrogens with zero attached hydrogens (tertiary/aromatic N) is 1. The lowest BCUT2D eigenvalue weighted by Gasteiger charge is -2.07. The first kappa shape index (κ1) is 12.4. The van der Waals surface area contributed by atoms with Gasteiger partial charge in [-0.1, -0.05) is 18.5 Å². The van der Waals surface area contributed by atoms with Gasteiger partial charge in [0.05, 0.1) is 5.69 Å². The summed E-state index contributed by atoms with van der Waals surface area (Å²) in [5, 5.41) is 0.293. The van der Waals surface area contributed by atoms with E-state index < -0.39 is 10.0 Å². The maximum Gasteiger partial charge on any atom is 0.242 e. The SMILES string of the molecule is CCCNS(=O)(=O)c1ccc(Cl)nc1C. The molecule has 1 aromatic rings. The molecule has 0 radical (unpaired) electrons. The van der Waals surface area contributed by atoms with Gasteiger partial charge in [-0.3, -0.25) is 0 Å².